The van der Waals surface area contributed by atoms with Gasteiger partial charge in [0, 0.05) is 17.6 Å². The van der Waals surface area contributed by atoms with Crippen LogP contribution in [0.3, 0.4) is 0 Å². The van der Waals surface area contributed by atoms with Gasteiger partial charge in [0.2, 0.25) is 0 Å². The molecule has 2 N–H and O–H groups in total. The number of likely N-dealkylation sites (N-methyl/N-ethyl adjacent to an activating group) is 1. The van der Waals surface area contributed by atoms with Crippen molar-refractivity contribution >= 4 is 35.9 Å². The number of rotatable bonds is 8. The molecule has 2 rings (SSSR count). The number of carbonyl (C=O) groups is 2. The molecule has 2 aromatic rings. The van der Waals surface area contributed by atoms with Gasteiger partial charge in [-0.1, -0.05) is 11.6 Å². The molecule has 0 atom stereocenters. The van der Waals surface area contributed by atoms with Gasteiger partial charge in [-0.05, 0) is 63.8 Å². The van der Waals surface area contributed by atoms with Crippen LogP contribution in [-0.4, -0.2) is 67.5 Å². The first-order chi connectivity index (χ1) is 14.6. The number of esters is 2. The van der Waals surface area contributed by atoms with E-state index in [-0.39, 0.29) is 48.7 Å². The van der Waals surface area contributed by atoms with E-state index in [1.165, 1.54) is 6.07 Å². The standard InChI is InChI=1S/C12H16ClNO3.C10H12O4.ClH/c1-14(2)7-8-16-12(15)9-17-11-5-3-10(13)4-6-11;1-3-14-10(13)9-6(2)4-7(11)5-8(9)12;/h3-6H,7-9H2,1-2H3;4-5,11-12H,3H2,1-2H3;1H. The highest BCUT2D eigenvalue weighted by Crippen LogP contribution is 2.27. The minimum Gasteiger partial charge on any atom is -0.508 e. The van der Waals surface area contributed by atoms with Crippen molar-refractivity contribution in [2.24, 2.45) is 0 Å². The third-order valence-corrected chi connectivity index (χ3v) is 4.00. The Morgan fingerprint density at radius 2 is 1.69 bits per heavy atom. The van der Waals surface area contributed by atoms with Crippen LogP contribution in [0.2, 0.25) is 5.02 Å². The number of phenolic OH excluding ortho intramolecular Hbond substituents is 2. The Balaban J connectivity index is 0.000000592. The lowest BCUT2D eigenvalue weighted by Crippen LogP contribution is -2.22. The van der Waals surface area contributed by atoms with Gasteiger partial charge in [-0.15, -0.1) is 12.4 Å². The Bertz CT molecular complexity index is 835. The molecule has 0 aliphatic rings. The molecule has 0 bridgehead atoms. The van der Waals surface area contributed by atoms with E-state index in [0.29, 0.717) is 29.5 Å². The summed E-state index contributed by atoms with van der Waals surface area (Å²) in [5.41, 5.74) is 0.589. The molecule has 0 saturated heterocycles. The van der Waals surface area contributed by atoms with Crippen LogP contribution >= 0.6 is 24.0 Å². The summed E-state index contributed by atoms with van der Waals surface area (Å²) in [5, 5.41) is 19.2. The third kappa shape index (κ3) is 11.1. The summed E-state index contributed by atoms with van der Waals surface area (Å²) in [4.78, 5) is 24.5. The van der Waals surface area contributed by atoms with Crippen LogP contribution in [0.1, 0.15) is 22.8 Å². The molecule has 0 amide bonds. The Kier molecular flexibility index (Phi) is 13.9. The van der Waals surface area contributed by atoms with E-state index >= 15 is 0 Å². The fourth-order valence-electron chi connectivity index (χ4n) is 2.28. The van der Waals surface area contributed by atoms with Crippen LogP contribution in [-0.2, 0) is 14.3 Å². The van der Waals surface area contributed by atoms with Gasteiger partial charge in [-0.2, -0.15) is 0 Å². The fourth-order valence-corrected chi connectivity index (χ4v) is 2.40. The molecule has 0 saturated carbocycles. The van der Waals surface area contributed by atoms with Crippen molar-refractivity contribution in [1.29, 1.82) is 0 Å². The van der Waals surface area contributed by atoms with Gasteiger partial charge in [0.15, 0.2) is 6.61 Å². The lowest BCUT2D eigenvalue weighted by Gasteiger charge is -2.10. The second-order valence-electron chi connectivity index (χ2n) is 6.64. The topological polar surface area (TPSA) is 106 Å². The van der Waals surface area contributed by atoms with Crippen LogP contribution < -0.4 is 4.74 Å². The average molecular weight is 490 g/mol. The van der Waals surface area contributed by atoms with Gasteiger partial charge in [0.05, 0.1) is 6.61 Å². The second kappa shape index (κ2) is 15.2. The van der Waals surface area contributed by atoms with Gasteiger partial charge < -0.3 is 29.3 Å². The number of nitrogens with zero attached hydrogens (tertiary/aromatic N) is 1. The van der Waals surface area contributed by atoms with E-state index < -0.39 is 5.97 Å². The minimum atomic E-state index is -0.581. The number of phenols is 2. The summed E-state index contributed by atoms with van der Waals surface area (Å²) < 4.78 is 14.9. The van der Waals surface area contributed by atoms with E-state index in [0.717, 1.165) is 6.07 Å². The number of aromatic hydroxyl groups is 2. The lowest BCUT2D eigenvalue weighted by molar-refractivity contribution is -0.146. The smallest absolute Gasteiger partial charge is 0.344 e. The zero-order valence-electron chi connectivity index (χ0n) is 18.5. The molecule has 10 heteroatoms. The van der Waals surface area contributed by atoms with Crippen LogP contribution in [0.5, 0.6) is 17.2 Å². The number of hydrogen-bond donors (Lipinski definition) is 2. The number of benzene rings is 2. The van der Waals surface area contributed by atoms with E-state index in [2.05, 4.69) is 0 Å². The van der Waals surface area contributed by atoms with Crippen molar-refractivity contribution < 1.29 is 34.0 Å². The quantitative estimate of drug-likeness (QED) is 0.538. The number of halogens is 2. The van der Waals surface area contributed by atoms with Gasteiger partial charge in [-0.3, -0.25) is 0 Å². The molecule has 0 spiro atoms. The number of hydrogen-bond acceptors (Lipinski definition) is 8. The van der Waals surface area contributed by atoms with Gasteiger partial charge in [-0.25, -0.2) is 9.59 Å². The molecule has 0 radical (unpaired) electrons. The summed E-state index contributed by atoms with van der Waals surface area (Å²) in [6.07, 6.45) is 0. The average Bonchev–Trinajstić information content (AvgIpc) is 2.67. The lowest BCUT2D eigenvalue weighted by atomic mass is 10.1. The predicted molar refractivity (Wildman–Crippen MR) is 124 cm³/mol. The van der Waals surface area contributed by atoms with Crippen molar-refractivity contribution in [1.82, 2.24) is 4.90 Å². The number of ether oxygens (including phenoxy) is 3. The molecule has 0 aliphatic carbocycles. The van der Waals surface area contributed by atoms with Crippen molar-refractivity contribution in [3.63, 3.8) is 0 Å². The Morgan fingerprint density at radius 1 is 1.06 bits per heavy atom. The Morgan fingerprint density at radius 3 is 2.22 bits per heavy atom. The zero-order valence-corrected chi connectivity index (χ0v) is 20.0. The highest BCUT2D eigenvalue weighted by Gasteiger charge is 2.16. The Labute approximate surface area is 199 Å². The molecule has 178 valence electrons. The third-order valence-electron chi connectivity index (χ3n) is 3.75. The zero-order chi connectivity index (χ0) is 23.4. The molecule has 0 fully saturated rings. The first-order valence-corrected chi connectivity index (χ1v) is 9.90. The fraction of sp³-hybridized carbons (Fsp3) is 0.364. The van der Waals surface area contributed by atoms with Crippen molar-refractivity contribution in [3.8, 4) is 17.2 Å². The summed E-state index contributed by atoms with van der Waals surface area (Å²) in [5.74, 6) is -0.697. The summed E-state index contributed by atoms with van der Waals surface area (Å²) in [7, 11) is 3.83. The van der Waals surface area contributed by atoms with Crippen molar-refractivity contribution in [3.05, 3.63) is 52.5 Å². The maximum atomic E-state index is 11.3. The van der Waals surface area contributed by atoms with Crippen molar-refractivity contribution in [2.45, 2.75) is 13.8 Å². The normalized spacial score (nSPS) is 9.81. The second-order valence-corrected chi connectivity index (χ2v) is 7.08. The molecular formula is C22H29Cl2NO7. The predicted octanol–water partition coefficient (Wildman–Crippen LogP) is 3.83. The van der Waals surface area contributed by atoms with E-state index in [4.69, 9.17) is 30.9 Å². The van der Waals surface area contributed by atoms with Crippen molar-refractivity contribution in [2.75, 3.05) is 40.5 Å². The van der Waals surface area contributed by atoms with E-state index in [1.807, 2.05) is 19.0 Å². The molecule has 0 aromatic heterocycles. The molecule has 8 nitrogen and oxygen atoms in total. The van der Waals surface area contributed by atoms with Crippen LogP contribution in [0, 0.1) is 6.92 Å². The highest BCUT2D eigenvalue weighted by atomic mass is 35.5. The van der Waals surface area contributed by atoms with E-state index in [1.54, 1.807) is 38.1 Å². The molecule has 0 aliphatic heterocycles. The molecule has 2 aromatic carbocycles. The van der Waals surface area contributed by atoms with Crippen LogP contribution in [0.15, 0.2) is 36.4 Å². The Hall–Kier alpha value is -2.68. The molecule has 32 heavy (non-hydrogen) atoms. The molecule has 0 heterocycles. The maximum absolute atomic E-state index is 11.3. The SMILES string of the molecule is CCOC(=O)c1c(C)cc(O)cc1O.CN(C)CCOC(=O)COc1ccc(Cl)cc1.Cl. The summed E-state index contributed by atoms with van der Waals surface area (Å²) in [6, 6.07) is 9.32. The number of aryl methyl sites for hydroxylation is 1. The maximum Gasteiger partial charge on any atom is 0.344 e. The monoisotopic (exact) mass is 489 g/mol. The van der Waals surface area contributed by atoms with Crippen LogP contribution in [0.25, 0.3) is 0 Å². The molecular weight excluding hydrogens is 461 g/mol. The summed E-state index contributed by atoms with van der Waals surface area (Å²) in [6.45, 7) is 4.53. The van der Waals surface area contributed by atoms with Crippen LogP contribution in [0.4, 0.5) is 0 Å². The number of carbonyl (C=O) groups excluding carboxylic acids is 2. The highest BCUT2D eigenvalue weighted by molar-refractivity contribution is 6.30. The van der Waals surface area contributed by atoms with E-state index in [9.17, 15) is 14.7 Å². The largest absolute Gasteiger partial charge is 0.508 e. The van der Waals surface area contributed by atoms with Gasteiger partial charge in [0.25, 0.3) is 0 Å². The first-order valence-electron chi connectivity index (χ1n) is 9.52. The van der Waals surface area contributed by atoms with Gasteiger partial charge >= 0.3 is 11.9 Å². The van der Waals surface area contributed by atoms with Gasteiger partial charge in [0.1, 0.15) is 29.4 Å². The minimum absolute atomic E-state index is 0. The molecule has 0 unspecified atom stereocenters. The summed E-state index contributed by atoms with van der Waals surface area (Å²) >= 11 is 5.72. The first kappa shape index (κ1) is 29.3.